The van der Waals surface area contributed by atoms with Crippen molar-refractivity contribution < 1.29 is 27.3 Å². The minimum atomic E-state index is 0. The Morgan fingerprint density at radius 1 is 1.00 bits per heavy atom. The van der Waals surface area contributed by atoms with Crippen molar-refractivity contribution in [3.63, 3.8) is 0 Å². The van der Waals surface area contributed by atoms with Crippen LogP contribution in [0.5, 0.6) is 11.5 Å². The van der Waals surface area contributed by atoms with Gasteiger partial charge in [0.15, 0.2) is 0 Å². The molecule has 0 radical (unpaired) electrons. The molecule has 4 heteroatoms. The van der Waals surface area contributed by atoms with Gasteiger partial charge in [-0.2, -0.15) is 0 Å². The molecule has 0 fully saturated rings. The summed E-state index contributed by atoms with van der Waals surface area (Å²) in [6.45, 7) is 1.80. The van der Waals surface area contributed by atoms with Gasteiger partial charge >= 0.3 is 0 Å². The molecule has 0 bridgehead atoms. The molecule has 0 heterocycles. The van der Waals surface area contributed by atoms with E-state index < -0.39 is 0 Å². The summed E-state index contributed by atoms with van der Waals surface area (Å²) >= 11 is 0. The van der Waals surface area contributed by atoms with Crippen LogP contribution in [0.15, 0.2) is 18.2 Å². The van der Waals surface area contributed by atoms with Crippen LogP contribution in [0.3, 0.4) is 0 Å². The number of hydrogen-bond acceptors (Lipinski definition) is 2. The molecule has 0 unspecified atom stereocenters. The number of rotatable bonds is 0. The van der Waals surface area contributed by atoms with Crippen molar-refractivity contribution in [3.8, 4) is 11.5 Å². The predicted molar refractivity (Wildman–Crippen MR) is 41.8 cm³/mol. The Morgan fingerprint density at radius 2 is 1.36 bits per heavy atom. The summed E-state index contributed by atoms with van der Waals surface area (Å²) in [5, 5.41) is 17.7. The Morgan fingerprint density at radius 3 is 1.64 bits per heavy atom. The number of phenolic OH excluding ortho intramolecular Hbond substituents is 2. The van der Waals surface area contributed by atoms with Gasteiger partial charge in [0.25, 0.3) is 0 Å². The number of halogens is 1. The fourth-order valence-corrected chi connectivity index (χ4v) is 0.743. The third-order valence-corrected chi connectivity index (χ3v) is 1.05. The first kappa shape index (κ1) is 13.2. The predicted octanol–water partition coefficient (Wildman–Crippen LogP) is 1.83. The second-order valence-corrected chi connectivity index (χ2v) is 2.03. The summed E-state index contributed by atoms with van der Waals surface area (Å²) in [6, 6.07) is 4.46. The van der Waals surface area contributed by atoms with Crippen molar-refractivity contribution in [2.24, 2.45) is 0 Å². The first-order valence-corrected chi connectivity index (χ1v) is 2.68. The second kappa shape index (κ2) is 5.30. The van der Waals surface area contributed by atoms with Crippen LogP contribution in [-0.2, 0) is 17.1 Å². The average Bonchev–Trinajstić information content (AvgIpc) is 1.59. The topological polar surface area (TPSA) is 40.5 Å². The monoisotopic (exact) mass is 216 g/mol. The Balaban J connectivity index is 0. The van der Waals surface area contributed by atoms with Crippen molar-refractivity contribution in [1.29, 1.82) is 0 Å². The maximum Gasteiger partial charge on any atom is 0.119 e. The van der Waals surface area contributed by atoms with Gasteiger partial charge in [-0.3, -0.25) is 0 Å². The van der Waals surface area contributed by atoms with Crippen LogP contribution in [0.25, 0.3) is 0 Å². The summed E-state index contributed by atoms with van der Waals surface area (Å²) in [7, 11) is 0. The Kier molecular flexibility index (Phi) is 6.38. The van der Waals surface area contributed by atoms with Crippen LogP contribution in [0.1, 0.15) is 5.56 Å². The standard InChI is InChI=1S/C7H8O2.ClH.Fe/c1-5-2-6(8)4-7(9)3-5;;/h2-4,8-9H,1H3;1H;. The van der Waals surface area contributed by atoms with E-state index in [2.05, 4.69) is 0 Å². The van der Waals surface area contributed by atoms with Gasteiger partial charge in [-0.05, 0) is 24.6 Å². The van der Waals surface area contributed by atoms with Crippen LogP contribution in [0.4, 0.5) is 0 Å². The van der Waals surface area contributed by atoms with E-state index in [-0.39, 0.29) is 41.0 Å². The zero-order valence-electron chi connectivity index (χ0n) is 5.89. The maximum absolute atomic E-state index is 8.83. The molecule has 11 heavy (non-hydrogen) atoms. The summed E-state index contributed by atoms with van der Waals surface area (Å²) < 4.78 is 0. The zero-order chi connectivity index (χ0) is 6.85. The van der Waals surface area contributed by atoms with E-state index in [9.17, 15) is 0 Å². The van der Waals surface area contributed by atoms with Crippen LogP contribution in [0.2, 0.25) is 0 Å². The third-order valence-electron chi connectivity index (χ3n) is 1.05. The molecule has 1 aromatic carbocycles. The number of phenols is 2. The molecule has 0 aliphatic carbocycles. The Bertz CT molecular complexity index is 177. The molecule has 0 aliphatic rings. The summed E-state index contributed by atoms with van der Waals surface area (Å²) in [5.74, 6) is 0.208. The van der Waals surface area contributed by atoms with Gasteiger partial charge in [-0.1, -0.05) is 0 Å². The van der Waals surface area contributed by atoms with Gasteiger partial charge in [0.05, 0.1) is 0 Å². The van der Waals surface area contributed by atoms with Crippen molar-refractivity contribution in [1.82, 2.24) is 0 Å². The van der Waals surface area contributed by atoms with Crippen LogP contribution >= 0.6 is 12.4 Å². The number of aryl methyl sites for hydroxylation is 1. The Labute approximate surface area is 82.1 Å². The third kappa shape index (κ3) is 4.14. The molecule has 0 aliphatic heterocycles. The van der Waals surface area contributed by atoms with Gasteiger partial charge < -0.3 is 10.2 Å². The molecular weight excluding hydrogens is 207 g/mol. The van der Waals surface area contributed by atoms with Gasteiger partial charge in [0.2, 0.25) is 0 Å². The second-order valence-electron chi connectivity index (χ2n) is 2.03. The van der Waals surface area contributed by atoms with Gasteiger partial charge in [-0.15, -0.1) is 12.4 Å². The van der Waals surface area contributed by atoms with E-state index in [1.807, 2.05) is 0 Å². The maximum atomic E-state index is 8.83. The number of hydrogen-bond donors (Lipinski definition) is 2. The largest absolute Gasteiger partial charge is 0.508 e. The number of benzene rings is 1. The summed E-state index contributed by atoms with van der Waals surface area (Å²) in [6.07, 6.45) is 0. The molecule has 0 atom stereocenters. The molecule has 2 nitrogen and oxygen atoms in total. The minimum absolute atomic E-state index is 0. The molecule has 0 spiro atoms. The quantitative estimate of drug-likeness (QED) is 0.650. The van der Waals surface area contributed by atoms with Crippen LogP contribution in [0, 0.1) is 6.92 Å². The smallest absolute Gasteiger partial charge is 0.119 e. The Hall–Kier alpha value is -0.371. The van der Waals surface area contributed by atoms with E-state index in [1.54, 1.807) is 19.1 Å². The van der Waals surface area contributed by atoms with E-state index in [1.165, 1.54) is 6.07 Å². The molecule has 64 valence electrons. The first-order valence-electron chi connectivity index (χ1n) is 2.68. The normalized spacial score (nSPS) is 7.73. The van der Waals surface area contributed by atoms with Crippen molar-refractivity contribution >= 4 is 12.4 Å². The molecular formula is C7H9ClFeO2. The van der Waals surface area contributed by atoms with Crippen molar-refractivity contribution in [2.75, 3.05) is 0 Å². The molecule has 1 rings (SSSR count). The molecule has 1 aromatic rings. The van der Waals surface area contributed by atoms with Crippen LogP contribution in [-0.4, -0.2) is 10.2 Å². The minimum Gasteiger partial charge on any atom is -0.508 e. The first-order chi connectivity index (χ1) is 4.18. The number of aromatic hydroxyl groups is 2. The van der Waals surface area contributed by atoms with Crippen molar-refractivity contribution in [2.45, 2.75) is 6.92 Å². The van der Waals surface area contributed by atoms with E-state index in [4.69, 9.17) is 10.2 Å². The van der Waals surface area contributed by atoms with Gasteiger partial charge in [-0.25, -0.2) is 0 Å². The SMILES string of the molecule is Cc1cc(O)cc(O)c1.Cl.[Fe]. The molecule has 0 saturated heterocycles. The van der Waals surface area contributed by atoms with Crippen molar-refractivity contribution in [3.05, 3.63) is 23.8 Å². The summed E-state index contributed by atoms with van der Waals surface area (Å²) in [4.78, 5) is 0. The van der Waals surface area contributed by atoms with Gasteiger partial charge in [0, 0.05) is 23.1 Å². The fourth-order valence-electron chi connectivity index (χ4n) is 0.743. The van der Waals surface area contributed by atoms with Gasteiger partial charge in [0.1, 0.15) is 11.5 Å². The summed E-state index contributed by atoms with van der Waals surface area (Å²) in [5.41, 5.74) is 0.854. The van der Waals surface area contributed by atoms with Crippen LogP contribution < -0.4 is 0 Å². The van der Waals surface area contributed by atoms with E-state index >= 15 is 0 Å². The van der Waals surface area contributed by atoms with E-state index in [0.29, 0.717) is 0 Å². The molecule has 0 saturated carbocycles. The van der Waals surface area contributed by atoms with E-state index in [0.717, 1.165) is 5.56 Å². The molecule has 0 amide bonds. The zero-order valence-corrected chi connectivity index (χ0v) is 7.81. The fraction of sp³-hybridized carbons (Fsp3) is 0.143. The molecule has 0 aromatic heterocycles. The molecule has 2 N–H and O–H groups in total. The average molecular weight is 216 g/mol.